The van der Waals surface area contributed by atoms with Crippen molar-refractivity contribution in [3.8, 4) is 17.0 Å². The highest BCUT2D eigenvalue weighted by Crippen LogP contribution is 2.37. The minimum absolute atomic E-state index is 0.0218. The normalized spacial score (nSPS) is 13.3. The van der Waals surface area contributed by atoms with Crippen molar-refractivity contribution in [1.29, 1.82) is 0 Å². The number of aromatic nitrogens is 2. The molecule has 2 N–H and O–H groups in total. The Labute approximate surface area is 158 Å². The topological polar surface area (TPSA) is 81.3 Å². The molecule has 4 rings (SSSR count). The lowest BCUT2D eigenvalue weighted by molar-refractivity contribution is 0.0779. The van der Waals surface area contributed by atoms with Gasteiger partial charge in [-0.1, -0.05) is 25.1 Å². The van der Waals surface area contributed by atoms with Gasteiger partial charge in [0.2, 0.25) is 5.88 Å². The average Bonchev–Trinajstić information content (AvgIpc) is 2.98. The van der Waals surface area contributed by atoms with Gasteiger partial charge in [-0.3, -0.25) is 4.79 Å². The first-order valence-electron chi connectivity index (χ1n) is 9.07. The molecule has 0 bridgehead atoms. The lowest BCUT2D eigenvalue weighted by Crippen LogP contribution is -2.24. The second-order valence-corrected chi connectivity index (χ2v) is 6.76. The quantitative estimate of drug-likeness (QED) is 0.767. The standard InChI is InChI=1S/C21H22N4O2/c1-4-10-25-11-16-18(21(25)26)19(22)15-7-5-6-14(20(15)24-16)13-8-9-17(27-3)23-12(13)2/h5-9H,4,10-11H2,1-3H3,(H2,22,24). The lowest BCUT2D eigenvalue weighted by Gasteiger charge is -2.13. The van der Waals surface area contributed by atoms with E-state index < -0.39 is 0 Å². The first kappa shape index (κ1) is 17.3. The number of aryl methyl sites for hydroxylation is 1. The zero-order chi connectivity index (χ0) is 19.1. The van der Waals surface area contributed by atoms with Crippen molar-refractivity contribution in [1.82, 2.24) is 14.9 Å². The van der Waals surface area contributed by atoms with E-state index in [4.69, 9.17) is 15.5 Å². The first-order valence-corrected chi connectivity index (χ1v) is 9.07. The van der Waals surface area contributed by atoms with Gasteiger partial charge in [0.25, 0.3) is 5.91 Å². The Hall–Kier alpha value is -3.15. The van der Waals surface area contributed by atoms with Crippen molar-refractivity contribution in [3.63, 3.8) is 0 Å². The van der Waals surface area contributed by atoms with Crippen LogP contribution >= 0.6 is 0 Å². The zero-order valence-corrected chi connectivity index (χ0v) is 15.7. The van der Waals surface area contributed by atoms with Crippen LogP contribution in [-0.2, 0) is 6.54 Å². The predicted octanol–water partition coefficient (Wildman–Crippen LogP) is 3.56. The molecule has 0 unspecified atom stereocenters. The summed E-state index contributed by atoms with van der Waals surface area (Å²) in [5.41, 5.74) is 11.8. The molecule has 1 aromatic carbocycles. The van der Waals surface area contributed by atoms with Crippen LogP contribution in [0.5, 0.6) is 5.88 Å². The van der Waals surface area contributed by atoms with Gasteiger partial charge in [-0.05, 0) is 19.4 Å². The summed E-state index contributed by atoms with van der Waals surface area (Å²) in [4.78, 5) is 23.9. The second kappa shape index (κ2) is 6.54. The maximum atomic E-state index is 12.7. The number of nitrogen functional groups attached to an aromatic ring is 1. The van der Waals surface area contributed by atoms with Crippen LogP contribution in [0.2, 0.25) is 0 Å². The van der Waals surface area contributed by atoms with Crippen molar-refractivity contribution < 1.29 is 9.53 Å². The van der Waals surface area contributed by atoms with Crippen LogP contribution < -0.4 is 10.5 Å². The number of rotatable bonds is 4. The monoisotopic (exact) mass is 362 g/mol. The van der Waals surface area contributed by atoms with Gasteiger partial charge in [0.1, 0.15) is 0 Å². The number of ether oxygens (including phenoxy) is 1. The van der Waals surface area contributed by atoms with Crippen LogP contribution in [0.15, 0.2) is 30.3 Å². The third-order valence-electron chi connectivity index (χ3n) is 5.03. The molecule has 1 aliphatic heterocycles. The Morgan fingerprint density at radius 3 is 2.70 bits per heavy atom. The molecule has 0 radical (unpaired) electrons. The van der Waals surface area contributed by atoms with Crippen molar-refractivity contribution in [3.05, 3.63) is 47.3 Å². The number of methoxy groups -OCH3 is 1. The van der Waals surface area contributed by atoms with E-state index in [0.29, 0.717) is 30.2 Å². The highest BCUT2D eigenvalue weighted by molar-refractivity contribution is 6.11. The molecule has 0 saturated carbocycles. The van der Waals surface area contributed by atoms with Crippen molar-refractivity contribution in [2.75, 3.05) is 19.4 Å². The second-order valence-electron chi connectivity index (χ2n) is 6.76. The van der Waals surface area contributed by atoms with Gasteiger partial charge in [-0.2, -0.15) is 0 Å². The maximum absolute atomic E-state index is 12.7. The molecule has 1 aliphatic rings. The van der Waals surface area contributed by atoms with Crippen LogP contribution in [0, 0.1) is 6.92 Å². The van der Waals surface area contributed by atoms with Gasteiger partial charge in [-0.25, -0.2) is 9.97 Å². The third kappa shape index (κ3) is 2.68. The first-order chi connectivity index (χ1) is 13.0. The molecule has 27 heavy (non-hydrogen) atoms. The van der Waals surface area contributed by atoms with E-state index >= 15 is 0 Å². The Morgan fingerprint density at radius 1 is 1.19 bits per heavy atom. The van der Waals surface area contributed by atoms with Gasteiger partial charge in [0.15, 0.2) is 0 Å². The number of pyridine rings is 2. The Bertz CT molecular complexity index is 1060. The zero-order valence-electron chi connectivity index (χ0n) is 15.7. The molecule has 0 spiro atoms. The van der Waals surface area contributed by atoms with Crippen LogP contribution in [-0.4, -0.2) is 34.4 Å². The van der Waals surface area contributed by atoms with Crippen LogP contribution in [0.25, 0.3) is 22.0 Å². The number of amides is 1. The summed E-state index contributed by atoms with van der Waals surface area (Å²) < 4.78 is 5.21. The molecule has 6 heteroatoms. The highest BCUT2D eigenvalue weighted by Gasteiger charge is 2.31. The molecule has 0 aliphatic carbocycles. The van der Waals surface area contributed by atoms with E-state index in [-0.39, 0.29) is 5.91 Å². The predicted molar refractivity (Wildman–Crippen MR) is 106 cm³/mol. The molecule has 3 heterocycles. The van der Waals surface area contributed by atoms with Crippen molar-refractivity contribution in [2.24, 2.45) is 0 Å². The molecule has 138 valence electrons. The molecule has 3 aromatic rings. The van der Waals surface area contributed by atoms with Crippen molar-refractivity contribution in [2.45, 2.75) is 26.8 Å². The number of fused-ring (bicyclic) bond motifs is 2. The van der Waals surface area contributed by atoms with E-state index in [0.717, 1.165) is 39.8 Å². The maximum Gasteiger partial charge on any atom is 0.258 e. The minimum atomic E-state index is -0.0218. The molecular weight excluding hydrogens is 340 g/mol. The number of benzene rings is 1. The summed E-state index contributed by atoms with van der Waals surface area (Å²) in [5, 5.41) is 0.799. The van der Waals surface area contributed by atoms with E-state index in [1.165, 1.54) is 0 Å². The van der Waals surface area contributed by atoms with Gasteiger partial charge < -0.3 is 15.4 Å². The third-order valence-corrected chi connectivity index (χ3v) is 5.03. The van der Waals surface area contributed by atoms with Gasteiger partial charge >= 0.3 is 0 Å². The van der Waals surface area contributed by atoms with Crippen LogP contribution in [0.1, 0.15) is 35.1 Å². The number of carbonyl (C=O) groups excluding carboxylic acids is 1. The Kier molecular flexibility index (Phi) is 4.18. The number of anilines is 1. The van der Waals surface area contributed by atoms with E-state index in [9.17, 15) is 4.79 Å². The van der Waals surface area contributed by atoms with E-state index in [2.05, 4.69) is 11.9 Å². The molecule has 0 saturated heterocycles. The van der Waals surface area contributed by atoms with Gasteiger partial charge in [-0.15, -0.1) is 0 Å². The van der Waals surface area contributed by atoms with Gasteiger partial charge in [0, 0.05) is 34.8 Å². The lowest BCUT2D eigenvalue weighted by atomic mass is 9.98. The van der Waals surface area contributed by atoms with Gasteiger partial charge in [0.05, 0.1) is 36.1 Å². The summed E-state index contributed by atoms with van der Waals surface area (Å²) in [6, 6.07) is 9.69. The summed E-state index contributed by atoms with van der Waals surface area (Å²) >= 11 is 0. The molecule has 1 amide bonds. The minimum Gasteiger partial charge on any atom is -0.481 e. The van der Waals surface area contributed by atoms with Crippen molar-refractivity contribution >= 4 is 22.5 Å². The fourth-order valence-electron chi connectivity index (χ4n) is 3.73. The number of nitrogens with zero attached hydrogens (tertiary/aromatic N) is 3. The van der Waals surface area contributed by atoms with Crippen LogP contribution in [0.3, 0.4) is 0 Å². The summed E-state index contributed by atoms with van der Waals surface area (Å²) in [5.74, 6) is 0.553. The molecule has 2 aromatic heterocycles. The van der Waals surface area contributed by atoms with Crippen LogP contribution in [0.4, 0.5) is 5.69 Å². The van der Waals surface area contributed by atoms with E-state index in [1.807, 2.05) is 42.2 Å². The Balaban J connectivity index is 1.92. The number of hydrogen-bond acceptors (Lipinski definition) is 5. The average molecular weight is 362 g/mol. The highest BCUT2D eigenvalue weighted by atomic mass is 16.5. The number of para-hydroxylation sites is 1. The van der Waals surface area contributed by atoms with E-state index in [1.54, 1.807) is 7.11 Å². The summed E-state index contributed by atoms with van der Waals surface area (Å²) in [6.07, 6.45) is 0.904. The molecular formula is C21H22N4O2. The SMILES string of the molecule is CCCN1Cc2nc3c(-c4ccc(OC)nc4C)cccc3c(N)c2C1=O. The molecule has 6 nitrogen and oxygen atoms in total. The number of hydrogen-bond donors (Lipinski definition) is 1. The fraction of sp³-hybridized carbons (Fsp3) is 0.286. The molecule has 0 atom stereocenters. The molecule has 0 fully saturated rings. The number of nitrogens with two attached hydrogens (primary N) is 1. The fourth-order valence-corrected chi connectivity index (χ4v) is 3.73. The summed E-state index contributed by atoms with van der Waals surface area (Å²) in [6.45, 7) is 5.22. The smallest absolute Gasteiger partial charge is 0.258 e. The summed E-state index contributed by atoms with van der Waals surface area (Å²) in [7, 11) is 1.60. The largest absolute Gasteiger partial charge is 0.481 e. The Morgan fingerprint density at radius 2 is 2.00 bits per heavy atom. The number of carbonyl (C=O) groups is 1.